The largest absolute Gasteiger partial charge is 0.388 e. The van der Waals surface area contributed by atoms with Crippen LogP contribution < -0.4 is 9.82 Å². The van der Waals surface area contributed by atoms with Gasteiger partial charge in [-0.1, -0.05) is 0 Å². The molecule has 0 spiro atoms. The molecule has 0 aromatic heterocycles. The highest BCUT2D eigenvalue weighted by Gasteiger charge is 2.47. The van der Waals surface area contributed by atoms with Gasteiger partial charge >= 0.3 is 0 Å². The molecule has 0 amide bonds. The van der Waals surface area contributed by atoms with Gasteiger partial charge in [0.25, 0.3) is 0 Å². The summed E-state index contributed by atoms with van der Waals surface area (Å²) in [7, 11) is 0. The number of aliphatic hydroxyl groups excluding tert-OH is 3. The summed E-state index contributed by atoms with van der Waals surface area (Å²) in [6, 6.07) is -1.16. The lowest BCUT2D eigenvalue weighted by Gasteiger charge is -2.34. The Morgan fingerprint density at radius 2 is 1.81 bits per heavy atom. The number of aliphatic hydroxyl groups is 3. The highest BCUT2D eigenvalue weighted by Crippen LogP contribution is 2.22. The zero-order valence-corrected chi connectivity index (χ0v) is 8.13. The molecule has 0 aromatic carbocycles. The van der Waals surface area contributed by atoms with E-state index in [9.17, 15) is 15.3 Å². The summed E-state index contributed by atoms with van der Waals surface area (Å²) in [5.74, 6) is 0. The van der Waals surface area contributed by atoms with Crippen LogP contribution in [0.3, 0.4) is 0 Å². The third-order valence-corrected chi connectivity index (χ3v) is 2.21. The van der Waals surface area contributed by atoms with Gasteiger partial charge in [-0.3, -0.25) is 0 Å². The van der Waals surface area contributed by atoms with E-state index in [-0.39, 0.29) is 6.54 Å². The second kappa shape index (κ2) is 5.52. The van der Waals surface area contributed by atoms with Crippen molar-refractivity contribution in [3.63, 3.8) is 0 Å². The van der Waals surface area contributed by atoms with E-state index in [4.69, 9.17) is 15.8 Å². The molecule has 10 heteroatoms. The molecule has 0 saturated carbocycles. The molecule has 16 heavy (non-hydrogen) atoms. The Hall–Kier alpha value is -1.54. The van der Waals surface area contributed by atoms with Crippen LogP contribution in [-0.4, -0.2) is 52.5 Å². The normalized spacial score (nSPS) is 38.3. The fourth-order valence-corrected chi connectivity index (χ4v) is 1.41. The minimum atomic E-state index is -1.55. The Labute approximate surface area is 89.3 Å². The highest BCUT2D eigenvalue weighted by molar-refractivity contribution is 4.93. The molecule has 0 aliphatic carbocycles. The Kier molecular flexibility index (Phi) is 4.32. The lowest BCUT2D eigenvalue weighted by molar-refractivity contribution is -0.249. The molecule has 10 nitrogen and oxygen atoms in total. The molecule has 0 aromatic rings. The summed E-state index contributed by atoms with van der Waals surface area (Å²) in [5, 5.41) is 35.0. The van der Waals surface area contributed by atoms with Crippen LogP contribution in [0.15, 0.2) is 10.2 Å². The number of ether oxygens (including phenoxy) is 1. The first kappa shape index (κ1) is 12.5. The number of nitrogens with zero attached hydrogens (tertiary/aromatic N) is 4. The molecule has 5 atom stereocenters. The van der Waals surface area contributed by atoms with Crippen LogP contribution in [0.2, 0.25) is 0 Å². The van der Waals surface area contributed by atoms with Crippen molar-refractivity contribution in [3.05, 3.63) is 0 Å². The van der Waals surface area contributed by atoms with E-state index < -0.39 is 30.6 Å². The summed E-state index contributed by atoms with van der Waals surface area (Å²) < 4.78 is 4.85. The van der Waals surface area contributed by atoms with E-state index in [1.165, 1.54) is 0 Å². The standard InChI is InChI=1S/C6H12N6O4/c7-11-9-1-2-4(13)3(10-12-8)5(14)6(15)16-2/h2-8,13-15H,1H2/q+2/t2-,3+,4+,5+,6?/m0/s1. The lowest BCUT2D eigenvalue weighted by Crippen LogP contribution is -2.57. The zero-order valence-electron chi connectivity index (χ0n) is 8.13. The van der Waals surface area contributed by atoms with Crippen molar-refractivity contribution < 1.29 is 20.1 Å². The van der Waals surface area contributed by atoms with Crippen LogP contribution in [0.25, 0.3) is 0 Å². The van der Waals surface area contributed by atoms with Crippen molar-refractivity contribution >= 4 is 0 Å². The monoisotopic (exact) mass is 232 g/mol. The molecule has 1 aliphatic rings. The van der Waals surface area contributed by atoms with E-state index in [0.717, 1.165) is 0 Å². The first-order chi connectivity index (χ1) is 7.61. The van der Waals surface area contributed by atoms with Gasteiger partial charge in [0.2, 0.25) is 9.82 Å². The van der Waals surface area contributed by atoms with Gasteiger partial charge in [0.15, 0.2) is 18.9 Å². The Balaban J connectivity index is 2.83. The third-order valence-electron chi connectivity index (χ3n) is 2.21. The maximum atomic E-state index is 9.68. The maximum Gasteiger partial charge on any atom is 0.214 e. The van der Waals surface area contributed by atoms with Gasteiger partial charge in [0.1, 0.15) is 39.6 Å². The fourth-order valence-electron chi connectivity index (χ4n) is 1.41. The van der Waals surface area contributed by atoms with Gasteiger partial charge in [-0.05, 0) is 0 Å². The average Bonchev–Trinajstić information content (AvgIpc) is 2.27. The molecule has 1 rings (SSSR count). The van der Waals surface area contributed by atoms with Gasteiger partial charge < -0.3 is 20.1 Å². The SMILES string of the molecule is N=[N+]=NC[C@@H]1OC(O)[C@H](O)[C@H](N=[N+]=N)[C@@H]1O. The molecule has 1 saturated heterocycles. The van der Waals surface area contributed by atoms with Gasteiger partial charge in [-0.25, -0.2) is 0 Å². The predicted octanol–water partition coefficient (Wildman–Crippen LogP) is -2.11. The van der Waals surface area contributed by atoms with Crippen LogP contribution in [0, 0.1) is 11.1 Å². The second-order valence-electron chi connectivity index (χ2n) is 3.18. The van der Waals surface area contributed by atoms with Crippen molar-refractivity contribution in [2.75, 3.05) is 6.54 Å². The minimum absolute atomic E-state index is 0.154. The summed E-state index contributed by atoms with van der Waals surface area (Å²) in [4.78, 5) is 5.43. The number of rotatable bonds is 3. The van der Waals surface area contributed by atoms with Crippen molar-refractivity contribution in [2.24, 2.45) is 10.2 Å². The predicted molar refractivity (Wildman–Crippen MR) is 46.1 cm³/mol. The number of hydrogen-bond donors (Lipinski definition) is 5. The summed E-state index contributed by atoms with van der Waals surface area (Å²) in [5.41, 5.74) is 13.0. The van der Waals surface area contributed by atoms with Crippen LogP contribution >= 0.6 is 0 Å². The third kappa shape index (κ3) is 2.52. The molecule has 1 fully saturated rings. The quantitative estimate of drug-likeness (QED) is 0.277. The molecule has 0 radical (unpaired) electrons. The molecule has 1 unspecified atom stereocenters. The van der Waals surface area contributed by atoms with Crippen molar-refractivity contribution in [1.82, 2.24) is 9.82 Å². The summed E-state index contributed by atoms with van der Waals surface area (Å²) in [6.45, 7) is -0.154. The van der Waals surface area contributed by atoms with Crippen molar-refractivity contribution in [2.45, 2.75) is 30.6 Å². The first-order valence-electron chi connectivity index (χ1n) is 4.41. The Morgan fingerprint density at radius 1 is 1.12 bits per heavy atom. The smallest absolute Gasteiger partial charge is 0.214 e. The van der Waals surface area contributed by atoms with E-state index in [1.807, 2.05) is 0 Å². The van der Waals surface area contributed by atoms with Gasteiger partial charge in [0.05, 0.1) is 0 Å². The summed E-state index contributed by atoms with van der Waals surface area (Å²) in [6.07, 6.45) is -5.25. The van der Waals surface area contributed by atoms with Crippen LogP contribution in [0.4, 0.5) is 0 Å². The first-order valence-corrected chi connectivity index (χ1v) is 4.41. The molecule has 1 heterocycles. The van der Waals surface area contributed by atoms with E-state index in [0.29, 0.717) is 0 Å². The molecular weight excluding hydrogens is 220 g/mol. The zero-order chi connectivity index (χ0) is 12.1. The lowest BCUT2D eigenvalue weighted by atomic mass is 9.97. The second-order valence-corrected chi connectivity index (χ2v) is 3.18. The van der Waals surface area contributed by atoms with E-state index >= 15 is 0 Å². The molecule has 5 N–H and O–H groups in total. The van der Waals surface area contributed by atoms with Gasteiger partial charge in [-0.2, -0.15) is 0 Å². The van der Waals surface area contributed by atoms with E-state index in [2.05, 4.69) is 20.1 Å². The molecule has 1 aliphatic heterocycles. The molecule has 88 valence electrons. The van der Waals surface area contributed by atoms with Crippen LogP contribution in [0.1, 0.15) is 0 Å². The number of hydrogen-bond acceptors (Lipinski definition) is 8. The Bertz CT molecular complexity index is 338. The van der Waals surface area contributed by atoms with Crippen molar-refractivity contribution in [1.29, 1.82) is 11.1 Å². The fraction of sp³-hybridized carbons (Fsp3) is 1.00. The van der Waals surface area contributed by atoms with Crippen LogP contribution in [0.5, 0.6) is 0 Å². The molecule has 0 bridgehead atoms. The summed E-state index contributed by atoms with van der Waals surface area (Å²) >= 11 is 0. The van der Waals surface area contributed by atoms with Crippen LogP contribution in [-0.2, 0) is 4.74 Å². The van der Waals surface area contributed by atoms with E-state index in [1.54, 1.807) is 0 Å². The van der Waals surface area contributed by atoms with Crippen molar-refractivity contribution in [3.8, 4) is 0 Å². The van der Waals surface area contributed by atoms with Gasteiger partial charge in [0, 0.05) is 0 Å². The maximum absolute atomic E-state index is 9.68. The molecular formula is C6H12N6O4+2. The topological polar surface area (TPSA) is 171 Å². The Morgan fingerprint density at radius 3 is 2.38 bits per heavy atom. The van der Waals surface area contributed by atoms with Gasteiger partial charge in [-0.15, -0.1) is 0 Å². The highest BCUT2D eigenvalue weighted by atomic mass is 16.6. The average molecular weight is 232 g/mol. The minimum Gasteiger partial charge on any atom is -0.388 e. The number of nitrogens with one attached hydrogen (secondary N) is 2.